The molecule has 6 heteroatoms. The molecule has 0 aliphatic heterocycles. The van der Waals surface area contributed by atoms with Crippen LogP contribution in [0.15, 0.2) is 71.3 Å². The van der Waals surface area contributed by atoms with Crippen LogP contribution in [0.1, 0.15) is 0 Å². The van der Waals surface area contributed by atoms with E-state index in [-0.39, 0.29) is 5.95 Å². The molecule has 0 atom stereocenters. The molecule has 1 heterocycles. The average molecular weight is 469 g/mol. The zero-order valence-corrected chi connectivity index (χ0v) is 15.3. The van der Waals surface area contributed by atoms with E-state index < -0.39 is 0 Å². The third kappa shape index (κ3) is 5.61. The molecule has 4 nitrogen and oxygen atoms in total. The lowest BCUT2D eigenvalue weighted by Gasteiger charge is -2.06. The summed E-state index contributed by atoms with van der Waals surface area (Å²) < 4.78 is 2.07. The maximum absolute atomic E-state index is 5.50. The minimum Gasteiger partial charge on any atom is -0.368 e. The normalized spacial score (nSPS) is 9.55. The zero-order valence-electron chi connectivity index (χ0n) is 11.6. The molecule has 2 aromatic carbocycles. The van der Waals surface area contributed by atoms with Crippen molar-refractivity contribution in [2.75, 3.05) is 11.1 Å². The Morgan fingerprint density at radius 1 is 0.955 bits per heavy atom. The first kappa shape index (κ1) is 16.7. The van der Waals surface area contributed by atoms with Crippen molar-refractivity contribution in [3.63, 3.8) is 0 Å². The highest BCUT2D eigenvalue weighted by Crippen LogP contribution is 2.23. The molecule has 3 N–H and O–H groups in total. The van der Waals surface area contributed by atoms with Gasteiger partial charge >= 0.3 is 0 Å². The zero-order chi connectivity index (χ0) is 15.8. The van der Waals surface area contributed by atoms with E-state index in [0.717, 1.165) is 10.2 Å². The molecule has 0 saturated carbocycles. The minimum absolute atomic E-state index is 0.247. The summed E-state index contributed by atoms with van der Waals surface area (Å²) >= 11 is 5.62. The molecule has 0 spiro atoms. The first-order valence-corrected chi connectivity index (χ1v) is 8.33. The van der Waals surface area contributed by atoms with Gasteiger partial charge in [0.1, 0.15) is 5.82 Å². The van der Waals surface area contributed by atoms with Crippen LogP contribution in [0.5, 0.6) is 0 Å². The number of nitrogens with one attached hydrogen (secondary N) is 1. The molecular formula is C16H14BrIN4. The van der Waals surface area contributed by atoms with Crippen LogP contribution in [-0.4, -0.2) is 9.97 Å². The first-order chi connectivity index (χ1) is 10.6. The van der Waals surface area contributed by atoms with Crippen molar-refractivity contribution in [1.82, 2.24) is 9.97 Å². The molecule has 3 aromatic rings. The van der Waals surface area contributed by atoms with Crippen LogP contribution in [-0.2, 0) is 0 Å². The molecule has 1 aromatic heterocycles. The molecule has 0 amide bonds. The van der Waals surface area contributed by atoms with Gasteiger partial charge in [0.15, 0.2) is 0 Å². The molecule has 0 radical (unpaired) electrons. The fourth-order valence-corrected chi connectivity index (χ4v) is 2.25. The Hall–Kier alpha value is -1.67. The van der Waals surface area contributed by atoms with E-state index in [9.17, 15) is 0 Å². The summed E-state index contributed by atoms with van der Waals surface area (Å²) in [5.74, 6) is 0.908. The fraction of sp³-hybridized carbons (Fsp3) is 0. The number of anilines is 3. The molecule has 0 unspecified atom stereocenters. The van der Waals surface area contributed by atoms with Crippen LogP contribution in [0.2, 0.25) is 0 Å². The third-order valence-electron chi connectivity index (χ3n) is 2.53. The first-order valence-electron chi connectivity index (χ1n) is 6.46. The topological polar surface area (TPSA) is 63.8 Å². The Labute approximate surface area is 151 Å². The quantitative estimate of drug-likeness (QED) is 0.527. The molecular weight excluding hydrogens is 455 g/mol. The van der Waals surface area contributed by atoms with E-state index in [1.807, 2.05) is 48.5 Å². The Balaban J connectivity index is 0.000000211. The van der Waals surface area contributed by atoms with Crippen LogP contribution in [0.3, 0.4) is 0 Å². The number of nitrogens with two attached hydrogens (primary N) is 1. The molecule has 3 rings (SSSR count). The standard InChI is InChI=1S/C10H9BrN4.C6H5I/c11-8-6-13-10(12)15-9(8)14-7-4-2-1-3-5-7;7-6-4-2-1-3-5-6/h1-6H,(H3,12,13,14,15);1-5H. The van der Waals surface area contributed by atoms with Gasteiger partial charge in [0.25, 0.3) is 0 Å². The highest BCUT2D eigenvalue weighted by Gasteiger charge is 2.02. The second-order valence-corrected chi connectivity index (χ2v) is 6.31. The smallest absolute Gasteiger partial charge is 0.222 e. The molecule has 22 heavy (non-hydrogen) atoms. The predicted octanol–water partition coefficient (Wildman–Crippen LogP) is 4.86. The number of aromatic nitrogens is 2. The van der Waals surface area contributed by atoms with Gasteiger partial charge in [-0.15, -0.1) is 0 Å². The largest absolute Gasteiger partial charge is 0.368 e. The van der Waals surface area contributed by atoms with Gasteiger partial charge in [-0.25, -0.2) is 4.98 Å². The van der Waals surface area contributed by atoms with E-state index in [2.05, 4.69) is 65.9 Å². The number of hydrogen-bond donors (Lipinski definition) is 2. The second-order valence-electron chi connectivity index (χ2n) is 4.21. The van der Waals surface area contributed by atoms with Crippen molar-refractivity contribution in [2.24, 2.45) is 0 Å². The Kier molecular flexibility index (Phi) is 6.60. The van der Waals surface area contributed by atoms with Crippen LogP contribution >= 0.6 is 38.5 Å². The van der Waals surface area contributed by atoms with Crippen molar-refractivity contribution < 1.29 is 0 Å². The monoisotopic (exact) mass is 468 g/mol. The molecule has 0 aliphatic rings. The number of para-hydroxylation sites is 1. The van der Waals surface area contributed by atoms with Crippen molar-refractivity contribution in [2.45, 2.75) is 0 Å². The summed E-state index contributed by atoms with van der Waals surface area (Å²) in [6.45, 7) is 0. The molecule has 0 saturated heterocycles. The van der Waals surface area contributed by atoms with Crippen LogP contribution in [0.4, 0.5) is 17.5 Å². The number of hydrogen-bond acceptors (Lipinski definition) is 4. The van der Waals surface area contributed by atoms with Crippen molar-refractivity contribution in [3.05, 3.63) is 74.9 Å². The number of benzene rings is 2. The van der Waals surface area contributed by atoms with Gasteiger partial charge < -0.3 is 11.1 Å². The minimum atomic E-state index is 0.247. The third-order valence-corrected chi connectivity index (χ3v) is 3.83. The van der Waals surface area contributed by atoms with Crippen molar-refractivity contribution in [1.29, 1.82) is 0 Å². The van der Waals surface area contributed by atoms with E-state index in [1.165, 1.54) is 3.57 Å². The summed E-state index contributed by atoms with van der Waals surface area (Å²) in [5, 5.41) is 3.14. The predicted molar refractivity (Wildman–Crippen MR) is 103 cm³/mol. The average Bonchev–Trinajstić information content (AvgIpc) is 2.53. The van der Waals surface area contributed by atoms with Gasteiger partial charge in [0.05, 0.1) is 4.47 Å². The van der Waals surface area contributed by atoms with Gasteiger partial charge in [0.2, 0.25) is 5.95 Å². The molecule has 0 aliphatic carbocycles. The summed E-state index contributed by atoms with van der Waals surface area (Å²) in [5.41, 5.74) is 6.45. The Morgan fingerprint density at radius 2 is 1.55 bits per heavy atom. The number of nitrogens with zero attached hydrogens (tertiary/aromatic N) is 2. The number of halogens is 2. The molecule has 112 valence electrons. The van der Waals surface area contributed by atoms with Gasteiger partial charge in [0, 0.05) is 15.5 Å². The molecule has 0 fully saturated rings. The lowest BCUT2D eigenvalue weighted by atomic mass is 10.3. The highest BCUT2D eigenvalue weighted by molar-refractivity contribution is 14.1. The molecule has 0 bridgehead atoms. The van der Waals surface area contributed by atoms with E-state index >= 15 is 0 Å². The lowest BCUT2D eigenvalue weighted by molar-refractivity contribution is 1.17. The van der Waals surface area contributed by atoms with E-state index in [4.69, 9.17) is 5.73 Å². The van der Waals surface area contributed by atoms with Gasteiger partial charge in [-0.3, -0.25) is 0 Å². The van der Waals surface area contributed by atoms with Crippen LogP contribution in [0, 0.1) is 3.57 Å². The highest BCUT2D eigenvalue weighted by atomic mass is 127. The maximum Gasteiger partial charge on any atom is 0.222 e. The number of rotatable bonds is 2. The summed E-state index contributed by atoms with van der Waals surface area (Å²) in [7, 11) is 0. The van der Waals surface area contributed by atoms with E-state index in [1.54, 1.807) is 6.20 Å². The van der Waals surface area contributed by atoms with Gasteiger partial charge in [-0.2, -0.15) is 4.98 Å². The van der Waals surface area contributed by atoms with Crippen molar-refractivity contribution >= 4 is 56.0 Å². The Morgan fingerprint density at radius 3 is 2.09 bits per heavy atom. The van der Waals surface area contributed by atoms with Gasteiger partial charge in [-0.1, -0.05) is 36.4 Å². The Bertz CT molecular complexity index is 708. The summed E-state index contributed by atoms with van der Waals surface area (Å²) in [6.07, 6.45) is 1.62. The lowest BCUT2D eigenvalue weighted by Crippen LogP contribution is -2.00. The second kappa shape index (κ2) is 8.70. The number of nitrogen functional groups attached to an aromatic ring is 1. The summed E-state index contributed by atoms with van der Waals surface area (Å²) in [6, 6.07) is 20.0. The van der Waals surface area contributed by atoms with Crippen LogP contribution < -0.4 is 11.1 Å². The SMILES string of the molecule is Ic1ccccc1.Nc1ncc(Br)c(Nc2ccccc2)n1. The van der Waals surface area contributed by atoms with E-state index in [0.29, 0.717) is 5.82 Å². The fourth-order valence-electron chi connectivity index (χ4n) is 1.54. The van der Waals surface area contributed by atoms with Crippen molar-refractivity contribution in [3.8, 4) is 0 Å². The summed E-state index contributed by atoms with van der Waals surface area (Å²) in [4.78, 5) is 7.94. The van der Waals surface area contributed by atoms with Crippen LogP contribution in [0.25, 0.3) is 0 Å². The van der Waals surface area contributed by atoms with Gasteiger partial charge in [-0.05, 0) is 62.8 Å². The maximum atomic E-state index is 5.50.